The number of hydrogen-bond donors (Lipinski definition) is 2. The lowest BCUT2D eigenvalue weighted by Crippen LogP contribution is -2.00. The molecule has 2 aromatic heterocycles. The number of aromatic amines is 1. The summed E-state index contributed by atoms with van der Waals surface area (Å²) in [6.45, 7) is 0.456. The minimum absolute atomic E-state index is 0.133. The Kier molecular flexibility index (Phi) is 2.59. The summed E-state index contributed by atoms with van der Waals surface area (Å²) in [6, 6.07) is 0. The van der Waals surface area contributed by atoms with Gasteiger partial charge in [-0.15, -0.1) is 16.4 Å². The second-order valence-corrected chi connectivity index (χ2v) is 3.65. The standard InChI is InChI=1S/C7H7N5O2S/c13-12(14)7-5(3-10-11-7)9-4-6-8-1-2-15-6/h1-3,9H,4H2,(H,10,11). The molecule has 0 aliphatic carbocycles. The van der Waals surface area contributed by atoms with Crippen molar-refractivity contribution in [1.29, 1.82) is 0 Å². The van der Waals surface area contributed by atoms with Crippen LogP contribution in [0.4, 0.5) is 11.5 Å². The third-order valence-electron chi connectivity index (χ3n) is 1.72. The molecule has 0 unspecified atom stereocenters. The Hall–Kier alpha value is -1.96. The van der Waals surface area contributed by atoms with Crippen LogP contribution in [0.15, 0.2) is 17.8 Å². The highest BCUT2D eigenvalue weighted by molar-refractivity contribution is 7.09. The van der Waals surface area contributed by atoms with Crippen molar-refractivity contribution < 1.29 is 4.92 Å². The first-order valence-corrected chi connectivity index (χ1v) is 4.95. The maximum absolute atomic E-state index is 10.5. The zero-order chi connectivity index (χ0) is 10.7. The zero-order valence-electron chi connectivity index (χ0n) is 7.51. The summed E-state index contributed by atoms with van der Waals surface area (Å²) in [5, 5.41) is 22.0. The number of nitrogens with one attached hydrogen (secondary N) is 2. The van der Waals surface area contributed by atoms with E-state index < -0.39 is 4.92 Å². The molecule has 0 bridgehead atoms. The number of rotatable bonds is 4. The van der Waals surface area contributed by atoms with Gasteiger partial charge in [0.2, 0.25) is 0 Å². The van der Waals surface area contributed by atoms with E-state index in [1.807, 2.05) is 5.38 Å². The van der Waals surface area contributed by atoms with Gasteiger partial charge in [-0.3, -0.25) is 0 Å². The van der Waals surface area contributed by atoms with Gasteiger partial charge in [-0.2, -0.15) is 0 Å². The van der Waals surface area contributed by atoms with Crippen molar-refractivity contribution in [3.05, 3.63) is 32.9 Å². The van der Waals surface area contributed by atoms with Crippen LogP contribution in [-0.4, -0.2) is 20.1 Å². The quantitative estimate of drug-likeness (QED) is 0.605. The topological polar surface area (TPSA) is 96.7 Å². The zero-order valence-corrected chi connectivity index (χ0v) is 8.32. The first-order valence-electron chi connectivity index (χ1n) is 4.07. The molecule has 0 aromatic carbocycles. The van der Waals surface area contributed by atoms with Crippen LogP contribution in [0.5, 0.6) is 0 Å². The molecule has 0 fully saturated rings. The number of nitro groups is 1. The number of hydrogen-bond acceptors (Lipinski definition) is 6. The van der Waals surface area contributed by atoms with E-state index in [-0.39, 0.29) is 5.82 Å². The number of thiazole rings is 1. The average molecular weight is 225 g/mol. The van der Waals surface area contributed by atoms with Crippen molar-refractivity contribution in [2.45, 2.75) is 6.54 Å². The molecule has 2 N–H and O–H groups in total. The van der Waals surface area contributed by atoms with Crippen LogP contribution in [0, 0.1) is 10.1 Å². The largest absolute Gasteiger partial charge is 0.370 e. The van der Waals surface area contributed by atoms with Crippen LogP contribution in [0.25, 0.3) is 0 Å². The summed E-state index contributed by atoms with van der Waals surface area (Å²) >= 11 is 1.48. The SMILES string of the molecule is O=[N+]([O-])c1[nH]ncc1NCc1nccs1. The molecule has 0 spiro atoms. The Morgan fingerprint density at radius 1 is 1.67 bits per heavy atom. The highest BCUT2D eigenvalue weighted by atomic mass is 32.1. The first kappa shape index (κ1) is 9.59. The van der Waals surface area contributed by atoms with E-state index >= 15 is 0 Å². The second-order valence-electron chi connectivity index (χ2n) is 2.67. The molecule has 0 amide bonds. The van der Waals surface area contributed by atoms with Crippen LogP contribution in [0.3, 0.4) is 0 Å². The Bertz CT molecular complexity index is 452. The third-order valence-corrected chi connectivity index (χ3v) is 2.49. The van der Waals surface area contributed by atoms with E-state index in [0.29, 0.717) is 12.2 Å². The maximum atomic E-state index is 10.5. The van der Waals surface area contributed by atoms with Crippen LogP contribution >= 0.6 is 11.3 Å². The van der Waals surface area contributed by atoms with Gasteiger partial charge in [0.25, 0.3) is 0 Å². The Labute approximate surface area is 88.3 Å². The van der Waals surface area contributed by atoms with Crippen molar-refractivity contribution in [2.75, 3.05) is 5.32 Å². The predicted molar refractivity (Wildman–Crippen MR) is 54.7 cm³/mol. The van der Waals surface area contributed by atoms with E-state index in [4.69, 9.17) is 0 Å². The van der Waals surface area contributed by atoms with E-state index in [9.17, 15) is 10.1 Å². The Morgan fingerprint density at radius 2 is 2.53 bits per heavy atom. The van der Waals surface area contributed by atoms with E-state index in [1.54, 1.807) is 6.20 Å². The molecule has 7 nitrogen and oxygen atoms in total. The second kappa shape index (κ2) is 4.05. The third kappa shape index (κ3) is 2.10. The van der Waals surface area contributed by atoms with Gasteiger partial charge in [-0.05, 0) is 4.92 Å². The van der Waals surface area contributed by atoms with Crippen molar-refractivity contribution in [3.8, 4) is 0 Å². The fraction of sp³-hybridized carbons (Fsp3) is 0.143. The van der Waals surface area contributed by atoms with Gasteiger partial charge in [-0.1, -0.05) is 5.10 Å². The van der Waals surface area contributed by atoms with Gasteiger partial charge < -0.3 is 15.4 Å². The van der Waals surface area contributed by atoms with Gasteiger partial charge in [0, 0.05) is 11.6 Å². The minimum Gasteiger partial charge on any atom is -0.370 e. The molecule has 0 aliphatic heterocycles. The van der Waals surface area contributed by atoms with Gasteiger partial charge in [0.05, 0.1) is 6.54 Å². The summed E-state index contributed by atoms with van der Waals surface area (Å²) < 4.78 is 0. The van der Waals surface area contributed by atoms with Gasteiger partial charge in [0.15, 0.2) is 5.69 Å². The summed E-state index contributed by atoms with van der Waals surface area (Å²) in [5.74, 6) is -0.133. The molecule has 2 aromatic rings. The molecular formula is C7H7N5O2S. The first-order chi connectivity index (χ1) is 7.27. The van der Waals surface area contributed by atoms with Crippen LogP contribution in [-0.2, 0) is 6.54 Å². The predicted octanol–water partition coefficient (Wildman–Crippen LogP) is 1.39. The Balaban J connectivity index is 2.05. The van der Waals surface area contributed by atoms with E-state index in [2.05, 4.69) is 20.5 Å². The van der Waals surface area contributed by atoms with Crippen molar-refractivity contribution in [3.63, 3.8) is 0 Å². The smallest absolute Gasteiger partial charge is 0.366 e. The Morgan fingerprint density at radius 3 is 3.20 bits per heavy atom. The normalized spacial score (nSPS) is 10.1. The minimum atomic E-state index is -0.517. The van der Waals surface area contributed by atoms with Crippen LogP contribution < -0.4 is 5.32 Å². The number of nitrogens with zero attached hydrogens (tertiary/aromatic N) is 3. The summed E-state index contributed by atoms with van der Waals surface area (Å²) in [7, 11) is 0. The summed E-state index contributed by atoms with van der Waals surface area (Å²) in [5.41, 5.74) is 0.371. The lowest BCUT2D eigenvalue weighted by Gasteiger charge is -1.99. The van der Waals surface area contributed by atoms with Crippen LogP contribution in [0.1, 0.15) is 5.01 Å². The summed E-state index contributed by atoms with van der Waals surface area (Å²) in [6.07, 6.45) is 3.07. The van der Waals surface area contributed by atoms with Crippen molar-refractivity contribution in [1.82, 2.24) is 15.2 Å². The molecule has 78 valence electrons. The van der Waals surface area contributed by atoms with Gasteiger partial charge in [0.1, 0.15) is 11.2 Å². The molecule has 0 radical (unpaired) electrons. The molecule has 8 heteroatoms. The molecule has 0 saturated heterocycles. The molecule has 0 atom stereocenters. The van der Waals surface area contributed by atoms with Crippen LogP contribution in [0.2, 0.25) is 0 Å². The number of H-pyrrole nitrogens is 1. The van der Waals surface area contributed by atoms with E-state index in [0.717, 1.165) is 5.01 Å². The molecule has 15 heavy (non-hydrogen) atoms. The molecule has 0 aliphatic rings. The highest BCUT2D eigenvalue weighted by Crippen LogP contribution is 2.20. The van der Waals surface area contributed by atoms with E-state index in [1.165, 1.54) is 17.5 Å². The fourth-order valence-electron chi connectivity index (χ4n) is 1.06. The monoisotopic (exact) mass is 225 g/mol. The molecule has 2 heterocycles. The molecule has 0 saturated carbocycles. The highest BCUT2D eigenvalue weighted by Gasteiger charge is 2.14. The maximum Gasteiger partial charge on any atom is 0.366 e. The van der Waals surface area contributed by atoms with Gasteiger partial charge in [-0.25, -0.2) is 4.98 Å². The van der Waals surface area contributed by atoms with Crippen molar-refractivity contribution in [2.24, 2.45) is 0 Å². The molecule has 2 rings (SSSR count). The molecular weight excluding hydrogens is 218 g/mol. The number of anilines is 1. The van der Waals surface area contributed by atoms with Crippen molar-refractivity contribution >= 4 is 22.8 Å². The lowest BCUT2D eigenvalue weighted by atomic mass is 10.5. The van der Waals surface area contributed by atoms with Gasteiger partial charge >= 0.3 is 5.82 Å². The average Bonchev–Trinajstić information content (AvgIpc) is 2.86. The fourth-order valence-corrected chi connectivity index (χ4v) is 1.62. The summed E-state index contributed by atoms with van der Waals surface area (Å²) in [4.78, 5) is 14.1. The number of aromatic nitrogens is 3. The lowest BCUT2D eigenvalue weighted by molar-refractivity contribution is -0.388.